The molecule has 0 aliphatic carbocycles. The molecule has 0 radical (unpaired) electrons. The van der Waals surface area contributed by atoms with Gasteiger partial charge in [-0.2, -0.15) is 5.10 Å². The Morgan fingerprint density at radius 3 is 2.64 bits per heavy atom. The third-order valence-electron chi connectivity index (χ3n) is 7.17. The second-order valence-electron chi connectivity index (χ2n) is 9.70. The fourth-order valence-corrected chi connectivity index (χ4v) is 6.39. The number of nitrogens with one attached hydrogen (secondary N) is 1. The number of benzene rings is 2. The number of para-hydroxylation sites is 1. The molecule has 2 amide bonds. The first kappa shape index (κ1) is 30.7. The predicted molar refractivity (Wildman–Crippen MR) is 165 cm³/mol. The third-order valence-corrected chi connectivity index (χ3v) is 9.09. The normalized spacial score (nSPS) is 14.3. The lowest BCUT2D eigenvalue weighted by Gasteiger charge is -2.24. The summed E-state index contributed by atoms with van der Waals surface area (Å²) < 4.78 is 12.9. The van der Waals surface area contributed by atoms with Crippen molar-refractivity contribution in [2.75, 3.05) is 20.0 Å². The molecule has 1 aliphatic rings. The summed E-state index contributed by atoms with van der Waals surface area (Å²) in [5.41, 5.74) is 1.95. The van der Waals surface area contributed by atoms with E-state index in [0.717, 1.165) is 16.2 Å². The van der Waals surface area contributed by atoms with Gasteiger partial charge < -0.3 is 19.4 Å². The van der Waals surface area contributed by atoms with Gasteiger partial charge in [-0.25, -0.2) is 5.01 Å². The predicted octanol–water partition coefficient (Wildman–Crippen LogP) is 4.51. The summed E-state index contributed by atoms with van der Waals surface area (Å²) in [6, 6.07) is 13.5. The Balaban J connectivity index is 1.29. The molecule has 0 fully saturated rings. The molecule has 44 heavy (non-hydrogen) atoms. The van der Waals surface area contributed by atoms with Crippen molar-refractivity contribution in [1.82, 2.24) is 25.1 Å². The second-order valence-corrected chi connectivity index (χ2v) is 11.6. The van der Waals surface area contributed by atoms with Crippen LogP contribution in [0.4, 0.5) is 5.69 Å². The lowest BCUT2D eigenvalue weighted by molar-refractivity contribution is -0.385. The summed E-state index contributed by atoms with van der Waals surface area (Å²) >= 11 is 2.76. The van der Waals surface area contributed by atoms with E-state index in [-0.39, 0.29) is 35.0 Å². The van der Waals surface area contributed by atoms with Gasteiger partial charge in [0.15, 0.2) is 22.5 Å². The Kier molecular flexibility index (Phi) is 9.25. The molecule has 2 aromatic heterocycles. The van der Waals surface area contributed by atoms with Crippen molar-refractivity contribution in [3.8, 4) is 11.5 Å². The van der Waals surface area contributed by atoms with Crippen molar-refractivity contribution in [1.29, 1.82) is 0 Å². The number of methoxy groups -OCH3 is 2. The average Bonchev–Trinajstić information content (AvgIpc) is 3.79. The van der Waals surface area contributed by atoms with Crippen LogP contribution in [0.15, 0.2) is 64.2 Å². The number of thioether (sulfide) groups is 1. The lowest BCUT2D eigenvalue weighted by atomic mass is 9.99. The van der Waals surface area contributed by atoms with Crippen LogP contribution in [0.1, 0.15) is 44.6 Å². The zero-order chi connectivity index (χ0) is 31.4. The smallest absolute Gasteiger partial charge is 0.273 e. The maximum Gasteiger partial charge on any atom is 0.273 e. The number of hydrazone groups is 1. The van der Waals surface area contributed by atoms with Gasteiger partial charge in [0.05, 0.1) is 48.1 Å². The van der Waals surface area contributed by atoms with Crippen LogP contribution in [0.25, 0.3) is 0 Å². The van der Waals surface area contributed by atoms with Crippen LogP contribution in [0, 0.1) is 17.0 Å². The SMILES string of the molecule is COc1cccc([C@H]2CC(c3cccs3)=NN2C(=O)CSc2nnc(CNC(=O)c3cccc([N+](=O)[O-])c3C)n2C)c1OC. The molecule has 0 saturated heterocycles. The topological polar surface area (TPSA) is 154 Å². The fourth-order valence-electron chi connectivity index (χ4n) is 4.89. The first-order valence-electron chi connectivity index (χ1n) is 13.4. The number of amides is 2. The maximum absolute atomic E-state index is 13.6. The number of rotatable bonds is 11. The Bertz CT molecular complexity index is 1740. The van der Waals surface area contributed by atoms with Gasteiger partial charge in [-0.15, -0.1) is 21.5 Å². The van der Waals surface area contributed by atoms with Crippen molar-refractivity contribution >= 4 is 46.3 Å². The number of hydrogen-bond donors (Lipinski definition) is 1. The fraction of sp³-hybridized carbons (Fsp3) is 0.276. The van der Waals surface area contributed by atoms with Gasteiger partial charge in [0.1, 0.15) is 0 Å². The minimum atomic E-state index is -0.522. The van der Waals surface area contributed by atoms with Crippen LogP contribution < -0.4 is 14.8 Å². The largest absolute Gasteiger partial charge is 0.493 e. The molecule has 3 heterocycles. The molecule has 1 N–H and O–H groups in total. The molecule has 4 aromatic rings. The highest BCUT2D eigenvalue weighted by Gasteiger charge is 2.36. The molecular formula is C29H29N7O6S2. The van der Waals surface area contributed by atoms with Crippen molar-refractivity contribution in [3.05, 3.63) is 91.4 Å². The van der Waals surface area contributed by atoms with E-state index >= 15 is 0 Å². The summed E-state index contributed by atoms with van der Waals surface area (Å²) in [7, 11) is 4.87. The molecule has 15 heteroatoms. The third kappa shape index (κ3) is 6.14. The van der Waals surface area contributed by atoms with E-state index in [1.807, 2.05) is 29.6 Å². The average molecular weight is 636 g/mol. The standard InChI is InChI=1S/C29H29N7O6S2/c1-17-18(8-5-10-21(17)36(39)40)28(38)30-15-25-31-32-29(34(25)2)44-16-26(37)35-22(14-20(33-35)24-12-7-13-43-24)19-9-6-11-23(41-3)27(19)42-4/h5-13,22H,14-16H2,1-4H3,(H,30,38)/t22-/m1/s1. The van der Waals surface area contributed by atoms with Gasteiger partial charge in [0.2, 0.25) is 0 Å². The van der Waals surface area contributed by atoms with Crippen LogP contribution in [0.2, 0.25) is 0 Å². The highest BCUT2D eigenvalue weighted by atomic mass is 32.2. The Morgan fingerprint density at radius 2 is 1.93 bits per heavy atom. The molecule has 5 rings (SSSR count). The van der Waals surface area contributed by atoms with E-state index in [1.165, 1.54) is 41.9 Å². The minimum Gasteiger partial charge on any atom is -0.493 e. The molecule has 1 aliphatic heterocycles. The van der Waals surface area contributed by atoms with E-state index in [2.05, 4.69) is 15.5 Å². The van der Waals surface area contributed by atoms with Crippen LogP contribution in [0.3, 0.4) is 0 Å². The molecule has 0 saturated carbocycles. The number of hydrogen-bond acceptors (Lipinski definition) is 11. The molecular weight excluding hydrogens is 606 g/mol. The van der Waals surface area contributed by atoms with Gasteiger partial charge in [-0.1, -0.05) is 36.0 Å². The minimum absolute atomic E-state index is 0.0369. The maximum atomic E-state index is 13.6. The van der Waals surface area contributed by atoms with E-state index < -0.39 is 16.9 Å². The van der Waals surface area contributed by atoms with Crippen molar-refractivity contribution in [3.63, 3.8) is 0 Å². The van der Waals surface area contributed by atoms with E-state index in [1.54, 1.807) is 43.2 Å². The van der Waals surface area contributed by atoms with Crippen LogP contribution in [-0.2, 0) is 18.4 Å². The number of nitro benzene ring substituents is 1. The lowest BCUT2D eigenvalue weighted by Crippen LogP contribution is -2.29. The molecule has 1 atom stereocenters. The first-order chi connectivity index (χ1) is 21.2. The number of thiophene rings is 1. The molecule has 228 valence electrons. The Hall–Kier alpha value is -4.76. The van der Waals surface area contributed by atoms with Gasteiger partial charge in [-0.3, -0.25) is 19.7 Å². The van der Waals surface area contributed by atoms with Gasteiger partial charge in [0, 0.05) is 36.2 Å². The molecule has 2 aromatic carbocycles. The van der Waals surface area contributed by atoms with Crippen molar-refractivity contribution < 1.29 is 24.0 Å². The summed E-state index contributed by atoms with van der Waals surface area (Å²) in [6.45, 7) is 1.57. The summed E-state index contributed by atoms with van der Waals surface area (Å²) in [6.07, 6.45) is 0.512. The monoisotopic (exact) mass is 635 g/mol. The van der Waals surface area contributed by atoms with Gasteiger partial charge in [0.25, 0.3) is 17.5 Å². The highest BCUT2D eigenvalue weighted by molar-refractivity contribution is 7.99. The molecule has 0 unspecified atom stereocenters. The summed E-state index contributed by atoms with van der Waals surface area (Å²) in [5, 5.41) is 31.0. The van der Waals surface area contributed by atoms with Gasteiger partial charge in [-0.05, 0) is 30.5 Å². The van der Waals surface area contributed by atoms with Crippen LogP contribution in [0.5, 0.6) is 11.5 Å². The van der Waals surface area contributed by atoms with Crippen LogP contribution >= 0.6 is 23.1 Å². The Morgan fingerprint density at radius 1 is 1.14 bits per heavy atom. The number of aromatic nitrogens is 3. The number of nitro groups is 1. The number of ether oxygens (including phenoxy) is 2. The molecule has 13 nitrogen and oxygen atoms in total. The zero-order valence-corrected chi connectivity index (χ0v) is 26.0. The van der Waals surface area contributed by atoms with E-state index in [0.29, 0.717) is 28.9 Å². The molecule has 0 bridgehead atoms. The first-order valence-corrected chi connectivity index (χ1v) is 15.3. The number of carbonyl (C=O) groups is 2. The molecule has 0 spiro atoms. The van der Waals surface area contributed by atoms with E-state index in [9.17, 15) is 19.7 Å². The van der Waals surface area contributed by atoms with Crippen molar-refractivity contribution in [2.24, 2.45) is 12.1 Å². The number of nitrogens with zero attached hydrogens (tertiary/aromatic N) is 6. The van der Waals surface area contributed by atoms with Gasteiger partial charge >= 0.3 is 0 Å². The number of carbonyl (C=O) groups excluding carboxylic acids is 2. The van der Waals surface area contributed by atoms with Crippen molar-refractivity contribution in [2.45, 2.75) is 31.1 Å². The Labute approximate surface area is 261 Å². The van der Waals surface area contributed by atoms with Crippen LogP contribution in [-0.4, -0.2) is 62.2 Å². The quantitative estimate of drug-likeness (QED) is 0.142. The summed E-state index contributed by atoms with van der Waals surface area (Å²) in [5.74, 6) is 0.912. The summed E-state index contributed by atoms with van der Waals surface area (Å²) in [4.78, 5) is 38.1. The highest BCUT2D eigenvalue weighted by Crippen LogP contribution is 2.42. The zero-order valence-electron chi connectivity index (χ0n) is 24.3. The van der Waals surface area contributed by atoms with E-state index in [4.69, 9.17) is 14.6 Å². The second kappa shape index (κ2) is 13.3.